The van der Waals surface area contributed by atoms with Crippen LogP contribution in [0.4, 0.5) is 5.69 Å². The number of hydrogen-bond donors (Lipinski definition) is 1. The van der Waals surface area contributed by atoms with E-state index in [4.69, 9.17) is 9.47 Å². The Hall–Kier alpha value is -3.59. The second kappa shape index (κ2) is 9.76. The number of benzene rings is 3. The number of likely N-dealkylation sites (N-methyl/N-ethyl adjacent to an activating group) is 1. The van der Waals surface area contributed by atoms with E-state index in [1.807, 2.05) is 78.5 Å². The molecule has 0 aromatic heterocycles. The van der Waals surface area contributed by atoms with E-state index >= 15 is 4.79 Å². The monoisotopic (exact) mass is 567 g/mol. The molecule has 0 unspecified atom stereocenters. The van der Waals surface area contributed by atoms with Crippen LogP contribution in [0.15, 0.2) is 78.4 Å². The lowest BCUT2D eigenvalue weighted by atomic mass is 9.55. The van der Waals surface area contributed by atoms with Gasteiger partial charge in [-0.2, -0.15) is 0 Å². The maximum absolute atomic E-state index is 15.3. The molecule has 3 fully saturated rings. The molecule has 210 valence electrons. The third-order valence-corrected chi connectivity index (χ3v) is 10.4. The van der Waals surface area contributed by atoms with Crippen molar-refractivity contribution in [2.75, 3.05) is 51.3 Å². The molecule has 3 aromatic rings. The molecule has 7 nitrogen and oxygen atoms in total. The van der Waals surface area contributed by atoms with E-state index in [1.165, 1.54) is 0 Å². The van der Waals surface area contributed by atoms with Crippen molar-refractivity contribution >= 4 is 35.2 Å². The third-order valence-electron chi connectivity index (χ3n) is 9.39. The molecule has 7 rings (SSSR count). The van der Waals surface area contributed by atoms with E-state index in [0.29, 0.717) is 24.5 Å². The van der Waals surface area contributed by atoms with Crippen LogP contribution in [0.1, 0.15) is 22.6 Å². The zero-order valence-electron chi connectivity index (χ0n) is 23.4. The molecule has 0 aliphatic carbocycles. The summed E-state index contributed by atoms with van der Waals surface area (Å²) in [4.78, 5) is 34.4. The van der Waals surface area contributed by atoms with E-state index in [1.54, 1.807) is 14.2 Å². The summed E-state index contributed by atoms with van der Waals surface area (Å²) in [6.07, 6.45) is 1.99. The average Bonchev–Trinajstić information content (AvgIpc) is 3.64. The van der Waals surface area contributed by atoms with Crippen molar-refractivity contribution in [1.82, 2.24) is 9.80 Å². The Kier molecular flexibility index (Phi) is 6.26. The van der Waals surface area contributed by atoms with E-state index in [0.717, 1.165) is 39.6 Å². The molecule has 0 saturated carbocycles. The maximum Gasteiger partial charge on any atom is 0.250 e. The Morgan fingerprint density at radius 1 is 0.951 bits per heavy atom. The Morgan fingerprint density at radius 3 is 2.34 bits per heavy atom. The van der Waals surface area contributed by atoms with Crippen LogP contribution in [0.25, 0.3) is 6.08 Å². The average molecular weight is 568 g/mol. The van der Waals surface area contributed by atoms with Crippen LogP contribution in [0.5, 0.6) is 11.5 Å². The van der Waals surface area contributed by atoms with Crippen LogP contribution in [-0.4, -0.2) is 73.5 Å². The number of hydrogen-bond acceptors (Lipinski definition) is 7. The van der Waals surface area contributed by atoms with Crippen molar-refractivity contribution in [3.8, 4) is 11.5 Å². The molecule has 2 spiro atoms. The Labute approximate surface area is 244 Å². The standard InChI is InChI=1S/C33H33N3O4S/c1-35-17-23(16-21-8-12-24(39-2)13-9-21)30(37)32(19-35)29(22-10-14-25(40-3)15-11-22)28-18-41-20-36(28)33(32)26-6-4-5-7-27(26)34-31(33)38/h4-16,28-29H,17-20H2,1-3H3,(H,34,38)/b23-16+/t28-,29+,32-,33-/m0/s1. The number of anilines is 1. The van der Waals surface area contributed by atoms with Crippen LogP contribution in [0, 0.1) is 5.41 Å². The number of thioether (sulfide) groups is 1. The minimum Gasteiger partial charge on any atom is -0.497 e. The van der Waals surface area contributed by atoms with Gasteiger partial charge in [0.15, 0.2) is 5.78 Å². The first-order valence-electron chi connectivity index (χ1n) is 13.9. The SMILES string of the molecule is COc1ccc(/C=C2\CN(C)C[C@@]3(C2=O)[C@H](c2ccc(OC)cc2)[C@@H]2CSCN2[C@@]32C(=O)Nc3ccccc32)cc1. The van der Waals surface area contributed by atoms with Gasteiger partial charge < -0.3 is 19.7 Å². The zero-order chi connectivity index (χ0) is 28.4. The van der Waals surface area contributed by atoms with E-state index in [9.17, 15) is 4.79 Å². The smallest absolute Gasteiger partial charge is 0.250 e. The lowest BCUT2D eigenvalue weighted by Crippen LogP contribution is -2.65. The molecule has 1 amide bonds. The fourth-order valence-electron chi connectivity index (χ4n) is 7.91. The van der Waals surface area contributed by atoms with Gasteiger partial charge in [0.2, 0.25) is 0 Å². The highest BCUT2D eigenvalue weighted by Gasteiger charge is 2.78. The first-order chi connectivity index (χ1) is 19.9. The van der Waals surface area contributed by atoms with Gasteiger partial charge in [-0.3, -0.25) is 14.5 Å². The van der Waals surface area contributed by atoms with Crippen molar-refractivity contribution in [2.45, 2.75) is 17.5 Å². The van der Waals surface area contributed by atoms with Crippen LogP contribution < -0.4 is 14.8 Å². The summed E-state index contributed by atoms with van der Waals surface area (Å²) in [6.45, 7) is 0.989. The fraction of sp³-hybridized carbons (Fsp3) is 0.333. The number of nitrogens with one attached hydrogen (secondary N) is 1. The minimum atomic E-state index is -1.13. The molecule has 4 heterocycles. The first kappa shape index (κ1) is 26.3. The van der Waals surface area contributed by atoms with E-state index in [-0.39, 0.29) is 23.7 Å². The minimum absolute atomic E-state index is 0.0167. The lowest BCUT2D eigenvalue weighted by Gasteiger charge is -2.51. The Morgan fingerprint density at radius 2 is 1.63 bits per heavy atom. The number of carbonyl (C=O) groups excluding carboxylic acids is 2. The Bertz CT molecular complexity index is 1560. The summed E-state index contributed by atoms with van der Waals surface area (Å²) >= 11 is 1.84. The van der Waals surface area contributed by atoms with Crippen LogP contribution >= 0.6 is 11.8 Å². The van der Waals surface area contributed by atoms with E-state index < -0.39 is 11.0 Å². The molecule has 0 bridgehead atoms. The van der Waals surface area contributed by atoms with Crippen LogP contribution in [0.3, 0.4) is 0 Å². The molecule has 0 radical (unpaired) electrons. The molecule has 3 saturated heterocycles. The largest absolute Gasteiger partial charge is 0.497 e. The normalized spacial score (nSPS) is 30.2. The number of amides is 1. The number of ether oxygens (including phenoxy) is 2. The molecule has 41 heavy (non-hydrogen) atoms. The van der Waals surface area contributed by atoms with Gasteiger partial charge >= 0.3 is 0 Å². The van der Waals surface area contributed by atoms with Crippen molar-refractivity contribution < 1.29 is 19.1 Å². The molecule has 1 N–H and O–H groups in total. The highest BCUT2D eigenvalue weighted by atomic mass is 32.2. The predicted molar refractivity (Wildman–Crippen MR) is 161 cm³/mol. The molecule has 4 aliphatic rings. The number of fused-ring (bicyclic) bond motifs is 5. The highest BCUT2D eigenvalue weighted by Crippen LogP contribution is 2.68. The predicted octanol–water partition coefficient (Wildman–Crippen LogP) is 4.61. The van der Waals surface area contributed by atoms with Crippen LogP contribution in [0.2, 0.25) is 0 Å². The third kappa shape index (κ3) is 3.60. The summed E-state index contributed by atoms with van der Waals surface area (Å²) in [5, 5.41) is 3.20. The highest BCUT2D eigenvalue weighted by molar-refractivity contribution is 7.99. The number of nitrogens with zero attached hydrogens (tertiary/aromatic N) is 2. The maximum atomic E-state index is 15.3. The van der Waals surface area contributed by atoms with Crippen molar-refractivity contribution in [1.29, 1.82) is 0 Å². The number of ketones is 1. The molecule has 4 aliphatic heterocycles. The lowest BCUT2D eigenvalue weighted by molar-refractivity contribution is -0.146. The molecule has 4 atom stereocenters. The van der Waals surface area contributed by atoms with Crippen LogP contribution in [-0.2, 0) is 15.1 Å². The number of carbonyl (C=O) groups is 2. The Balaban J connectivity index is 1.49. The van der Waals surface area contributed by atoms with Gasteiger partial charge in [-0.25, -0.2) is 0 Å². The fourth-order valence-corrected chi connectivity index (χ4v) is 9.21. The summed E-state index contributed by atoms with van der Waals surface area (Å²) in [6, 6.07) is 23.8. The number of likely N-dealkylation sites (tertiary alicyclic amines) is 1. The number of rotatable bonds is 4. The number of Topliss-reactive ketones (excluding diaryl/α,β-unsaturated/α-hetero) is 1. The first-order valence-corrected chi connectivity index (χ1v) is 15.1. The number of piperidine rings is 1. The molecule has 8 heteroatoms. The zero-order valence-corrected chi connectivity index (χ0v) is 24.2. The van der Waals surface area contributed by atoms with Gasteiger partial charge in [0, 0.05) is 53.5 Å². The summed E-state index contributed by atoms with van der Waals surface area (Å²) in [7, 11) is 5.36. The van der Waals surface area contributed by atoms with Crippen molar-refractivity contribution in [3.05, 3.63) is 95.1 Å². The van der Waals surface area contributed by atoms with E-state index in [2.05, 4.69) is 34.3 Å². The molecule has 3 aromatic carbocycles. The topological polar surface area (TPSA) is 71.1 Å². The number of para-hydroxylation sites is 1. The second-order valence-electron chi connectivity index (χ2n) is 11.4. The van der Waals surface area contributed by atoms with Gasteiger partial charge in [-0.05, 0) is 54.6 Å². The van der Waals surface area contributed by atoms with Gasteiger partial charge in [0.05, 0.1) is 19.6 Å². The van der Waals surface area contributed by atoms with Crippen molar-refractivity contribution in [3.63, 3.8) is 0 Å². The summed E-state index contributed by atoms with van der Waals surface area (Å²) in [5.74, 6) is 2.83. The van der Waals surface area contributed by atoms with Gasteiger partial charge in [-0.15, -0.1) is 11.8 Å². The van der Waals surface area contributed by atoms with Gasteiger partial charge in [0.1, 0.15) is 17.0 Å². The summed E-state index contributed by atoms with van der Waals surface area (Å²) in [5.41, 5.74) is 2.23. The molecular weight excluding hydrogens is 534 g/mol. The van der Waals surface area contributed by atoms with Gasteiger partial charge in [0.25, 0.3) is 5.91 Å². The quantitative estimate of drug-likeness (QED) is 0.462. The number of methoxy groups -OCH3 is 2. The van der Waals surface area contributed by atoms with Crippen molar-refractivity contribution in [2.24, 2.45) is 5.41 Å². The van der Waals surface area contributed by atoms with Gasteiger partial charge in [-0.1, -0.05) is 42.5 Å². The summed E-state index contributed by atoms with van der Waals surface area (Å²) < 4.78 is 10.8. The molecular formula is C33H33N3O4S. The second-order valence-corrected chi connectivity index (χ2v) is 12.4.